The Bertz CT molecular complexity index is 1150. The Kier molecular flexibility index (Phi) is 11.3. The van der Waals surface area contributed by atoms with Crippen LogP contribution in [0.2, 0.25) is 0 Å². The summed E-state index contributed by atoms with van der Waals surface area (Å²) in [5, 5.41) is 0.892. The molecule has 0 saturated carbocycles. The Balaban J connectivity index is 1.59. The van der Waals surface area contributed by atoms with Gasteiger partial charge in [-0.1, -0.05) is 91.6 Å². The van der Waals surface area contributed by atoms with E-state index in [0.717, 1.165) is 30.2 Å². The number of benzene rings is 1. The lowest BCUT2D eigenvalue weighted by molar-refractivity contribution is 0.221. The fourth-order valence-corrected chi connectivity index (χ4v) is 8.88. The van der Waals surface area contributed by atoms with Crippen LogP contribution in [0, 0.1) is 35.5 Å². The van der Waals surface area contributed by atoms with Crippen molar-refractivity contribution in [2.75, 3.05) is 36.8 Å². The van der Waals surface area contributed by atoms with Gasteiger partial charge in [0, 0.05) is 44.1 Å². The molecule has 1 aliphatic heterocycles. The first-order chi connectivity index (χ1) is 18.5. The van der Waals surface area contributed by atoms with Crippen LogP contribution in [-0.2, 0) is 16.4 Å². The van der Waals surface area contributed by atoms with Gasteiger partial charge in [-0.2, -0.15) is 8.68 Å². The molecule has 0 spiro atoms. The number of piperazine rings is 1. The zero-order valence-electron chi connectivity index (χ0n) is 26.5. The normalized spacial score (nSPS) is 18.1. The quantitative estimate of drug-likeness (QED) is 0.257. The molecule has 2 heterocycles. The van der Waals surface area contributed by atoms with Gasteiger partial charge in [0.2, 0.25) is 15.2 Å². The van der Waals surface area contributed by atoms with E-state index < -0.39 is 10.0 Å². The number of hydrogen-bond acceptors (Lipinski definition) is 6. The first kappa shape index (κ1) is 33.0. The summed E-state index contributed by atoms with van der Waals surface area (Å²) in [7, 11) is -3.34. The molecule has 0 aliphatic carbocycles. The van der Waals surface area contributed by atoms with Crippen LogP contribution in [0.3, 0.4) is 0 Å². The minimum atomic E-state index is -3.34. The van der Waals surface area contributed by atoms with Gasteiger partial charge < -0.3 is 4.90 Å². The summed E-state index contributed by atoms with van der Waals surface area (Å²) in [6.07, 6.45) is 4.98. The van der Waals surface area contributed by atoms with Crippen molar-refractivity contribution in [2.24, 2.45) is 28.6 Å². The van der Waals surface area contributed by atoms with Crippen LogP contribution in [-0.4, -0.2) is 54.0 Å². The van der Waals surface area contributed by atoms with Crippen LogP contribution >= 0.6 is 11.5 Å². The molecule has 2 aromatic rings. The van der Waals surface area contributed by atoms with E-state index >= 15 is 0 Å². The largest absolute Gasteiger partial charge is 0.344 e. The molecule has 1 fully saturated rings. The Hall–Kier alpha value is -1.51. The van der Waals surface area contributed by atoms with Gasteiger partial charge >= 0.3 is 0 Å². The second-order valence-corrected chi connectivity index (χ2v) is 17.5. The zero-order chi connectivity index (χ0) is 29.7. The lowest BCUT2D eigenvalue weighted by Gasteiger charge is -2.36. The molecule has 6 nitrogen and oxygen atoms in total. The SMILES string of the molecule is Cc1ccc(Cc2nsc(N3CCN(S(=O)(=O)CC(CCC(C)CC(C)(C)C)C(C)CC(C)(C)C)CC3)n2)cc1. The molecule has 0 radical (unpaired) electrons. The minimum Gasteiger partial charge on any atom is -0.344 e. The molecule has 1 saturated heterocycles. The second kappa shape index (κ2) is 13.6. The predicted octanol–water partition coefficient (Wildman–Crippen LogP) is 7.43. The highest BCUT2D eigenvalue weighted by Gasteiger charge is 2.33. The van der Waals surface area contributed by atoms with Gasteiger partial charge in [0.1, 0.15) is 5.82 Å². The van der Waals surface area contributed by atoms with Crippen molar-refractivity contribution in [3.8, 4) is 0 Å². The molecule has 1 aromatic carbocycles. The van der Waals surface area contributed by atoms with Crippen LogP contribution in [0.15, 0.2) is 24.3 Å². The molecular formula is C32H54N4O2S2. The molecule has 3 rings (SSSR count). The third-order valence-corrected chi connectivity index (χ3v) is 10.8. The summed E-state index contributed by atoms with van der Waals surface area (Å²) in [6, 6.07) is 8.48. The lowest BCUT2D eigenvalue weighted by Crippen LogP contribution is -2.50. The maximum absolute atomic E-state index is 13.7. The minimum absolute atomic E-state index is 0.178. The Morgan fingerprint density at radius 3 is 2.08 bits per heavy atom. The molecule has 40 heavy (non-hydrogen) atoms. The number of sulfonamides is 1. The van der Waals surface area contributed by atoms with E-state index in [1.54, 1.807) is 4.31 Å². The number of aryl methyl sites for hydroxylation is 1. The highest BCUT2D eigenvalue weighted by atomic mass is 32.2. The van der Waals surface area contributed by atoms with E-state index in [1.165, 1.54) is 29.1 Å². The highest BCUT2D eigenvalue weighted by Crippen LogP contribution is 2.35. The zero-order valence-corrected chi connectivity index (χ0v) is 28.2. The molecule has 1 aromatic heterocycles. The molecule has 3 atom stereocenters. The third kappa shape index (κ3) is 10.7. The number of aromatic nitrogens is 2. The van der Waals surface area contributed by atoms with Gasteiger partial charge in [0.15, 0.2) is 0 Å². The van der Waals surface area contributed by atoms with Gasteiger partial charge in [-0.05, 0) is 60.3 Å². The average molecular weight is 591 g/mol. The molecule has 3 unspecified atom stereocenters. The summed E-state index contributed by atoms with van der Waals surface area (Å²) in [6.45, 7) is 22.7. The summed E-state index contributed by atoms with van der Waals surface area (Å²) in [5.41, 5.74) is 2.93. The van der Waals surface area contributed by atoms with Crippen LogP contribution in [0.1, 0.15) is 98.0 Å². The molecule has 1 aliphatic rings. The lowest BCUT2D eigenvalue weighted by atomic mass is 9.77. The molecule has 0 N–H and O–H groups in total. The fraction of sp³-hybridized carbons (Fsp3) is 0.750. The second-order valence-electron chi connectivity index (χ2n) is 14.8. The van der Waals surface area contributed by atoms with E-state index in [1.807, 2.05) is 0 Å². The topological polar surface area (TPSA) is 66.4 Å². The van der Waals surface area contributed by atoms with Crippen molar-refractivity contribution in [1.82, 2.24) is 13.7 Å². The number of anilines is 1. The van der Waals surface area contributed by atoms with Crippen molar-refractivity contribution in [2.45, 2.75) is 94.4 Å². The van der Waals surface area contributed by atoms with E-state index in [0.29, 0.717) is 49.9 Å². The summed E-state index contributed by atoms with van der Waals surface area (Å²) >= 11 is 1.42. The van der Waals surface area contributed by atoms with Crippen molar-refractivity contribution < 1.29 is 8.42 Å². The first-order valence-electron chi connectivity index (χ1n) is 15.1. The van der Waals surface area contributed by atoms with Gasteiger partial charge in [-0.3, -0.25) is 0 Å². The van der Waals surface area contributed by atoms with E-state index in [4.69, 9.17) is 4.98 Å². The Morgan fingerprint density at radius 2 is 1.50 bits per heavy atom. The van der Waals surface area contributed by atoms with Crippen LogP contribution in [0.5, 0.6) is 0 Å². The predicted molar refractivity (Wildman–Crippen MR) is 171 cm³/mol. The number of nitrogens with zero attached hydrogens (tertiary/aromatic N) is 4. The first-order valence-corrected chi connectivity index (χ1v) is 17.5. The summed E-state index contributed by atoms with van der Waals surface area (Å²) in [4.78, 5) is 6.97. The molecule has 8 heteroatoms. The van der Waals surface area contributed by atoms with Crippen LogP contribution in [0.4, 0.5) is 5.13 Å². The van der Waals surface area contributed by atoms with Crippen molar-refractivity contribution in [3.05, 3.63) is 41.2 Å². The Labute approximate surface area is 249 Å². The number of rotatable bonds is 12. The monoisotopic (exact) mass is 590 g/mol. The van der Waals surface area contributed by atoms with E-state index in [9.17, 15) is 8.42 Å². The van der Waals surface area contributed by atoms with Gasteiger partial charge in [0.25, 0.3) is 0 Å². The van der Waals surface area contributed by atoms with Crippen LogP contribution in [0.25, 0.3) is 0 Å². The average Bonchev–Trinajstić information content (AvgIpc) is 3.29. The smallest absolute Gasteiger partial charge is 0.214 e. The van der Waals surface area contributed by atoms with Gasteiger partial charge in [-0.25, -0.2) is 13.4 Å². The number of hydrogen-bond donors (Lipinski definition) is 0. The van der Waals surface area contributed by atoms with Gasteiger partial charge in [0.05, 0.1) is 5.75 Å². The summed E-state index contributed by atoms with van der Waals surface area (Å²) < 4.78 is 33.7. The Morgan fingerprint density at radius 1 is 0.900 bits per heavy atom. The van der Waals surface area contributed by atoms with Crippen molar-refractivity contribution in [3.63, 3.8) is 0 Å². The highest BCUT2D eigenvalue weighted by molar-refractivity contribution is 7.89. The summed E-state index contributed by atoms with van der Waals surface area (Å²) in [5.74, 6) is 2.23. The van der Waals surface area contributed by atoms with Gasteiger partial charge in [-0.15, -0.1) is 0 Å². The molecule has 0 amide bonds. The standard InChI is InChI=1S/C32H54N4O2S2/c1-24-10-13-27(14-11-24)20-29-33-30(39-34-29)35-16-18-36(19-17-35)40(37,38)23-28(26(3)22-32(7,8)9)15-12-25(2)21-31(4,5)6/h10-11,13-14,25-26,28H,12,15-23H2,1-9H3. The molecule has 226 valence electrons. The maximum atomic E-state index is 13.7. The fourth-order valence-electron chi connectivity index (χ4n) is 6.18. The van der Waals surface area contributed by atoms with Crippen molar-refractivity contribution in [1.29, 1.82) is 0 Å². The maximum Gasteiger partial charge on any atom is 0.214 e. The van der Waals surface area contributed by atoms with Crippen molar-refractivity contribution >= 4 is 26.7 Å². The molecular weight excluding hydrogens is 537 g/mol. The van der Waals surface area contributed by atoms with Crippen LogP contribution < -0.4 is 4.90 Å². The third-order valence-electron chi connectivity index (χ3n) is 8.00. The van der Waals surface area contributed by atoms with E-state index in [2.05, 4.69) is 95.9 Å². The van der Waals surface area contributed by atoms with E-state index in [-0.39, 0.29) is 17.1 Å². The molecule has 0 bridgehead atoms.